The average molecular weight is 219 g/mol. The SMILES string of the molecule is CCC1COC(COCc2ccccc2)=N1. The first kappa shape index (κ1) is 11.1. The zero-order valence-electron chi connectivity index (χ0n) is 9.56. The number of hydrogen-bond acceptors (Lipinski definition) is 3. The van der Waals surface area contributed by atoms with Gasteiger partial charge in [0.1, 0.15) is 13.2 Å². The van der Waals surface area contributed by atoms with Crippen LogP contribution in [0.3, 0.4) is 0 Å². The molecule has 0 radical (unpaired) electrons. The summed E-state index contributed by atoms with van der Waals surface area (Å²) < 4.78 is 11.0. The van der Waals surface area contributed by atoms with Crippen molar-refractivity contribution in [1.29, 1.82) is 0 Å². The molecule has 0 amide bonds. The second-order valence-electron chi connectivity index (χ2n) is 3.87. The summed E-state index contributed by atoms with van der Waals surface area (Å²) in [5.41, 5.74) is 1.17. The molecule has 2 rings (SSSR count). The van der Waals surface area contributed by atoms with Crippen LogP contribution >= 0.6 is 0 Å². The summed E-state index contributed by atoms with van der Waals surface area (Å²) >= 11 is 0. The van der Waals surface area contributed by atoms with E-state index >= 15 is 0 Å². The third-order valence-corrected chi connectivity index (χ3v) is 2.58. The van der Waals surface area contributed by atoms with E-state index in [0.717, 1.165) is 12.3 Å². The minimum absolute atomic E-state index is 0.329. The molecule has 0 saturated carbocycles. The van der Waals surface area contributed by atoms with Crippen LogP contribution in [0, 0.1) is 0 Å². The molecule has 1 unspecified atom stereocenters. The van der Waals surface area contributed by atoms with Gasteiger partial charge in [-0.2, -0.15) is 0 Å². The standard InChI is InChI=1S/C13H17NO2/c1-2-12-9-16-13(14-12)10-15-8-11-6-4-3-5-7-11/h3-7,12H,2,8-10H2,1H3. The van der Waals surface area contributed by atoms with Gasteiger partial charge in [0.25, 0.3) is 0 Å². The van der Waals surface area contributed by atoms with Crippen LogP contribution in [0.25, 0.3) is 0 Å². The molecule has 0 fully saturated rings. The summed E-state index contributed by atoms with van der Waals surface area (Å²) in [7, 11) is 0. The summed E-state index contributed by atoms with van der Waals surface area (Å²) in [6.07, 6.45) is 1.03. The van der Waals surface area contributed by atoms with Gasteiger partial charge in [0, 0.05) is 0 Å². The van der Waals surface area contributed by atoms with Crippen LogP contribution in [0.2, 0.25) is 0 Å². The van der Waals surface area contributed by atoms with Gasteiger partial charge in [0.2, 0.25) is 5.90 Å². The van der Waals surface area contributed by atoms with E-state index in [0.29, 0.717) is 25.9 Å². The third kappa shape index (κ3) is 3.07. The Bertz CT molecular complexity index is 348. The predicted octanol–water partition coefficient (Wildman–Crippen LogP) is 2.41. The molecule has 16 heavy (non-hydrogen) atoms. The van der Waals surface area contributed by atoms with Crippen molar-refractivity contribution in [3.05, 3.63) is 35.9 Å². The maximum Gasteiger partial charge on any atom is 0.210 e. The van der Waals surface area contributed by atoms with Crippen molar-refractivity contribution in [3.63, 3.8) is 0 Å². The smallest absolute Gasteiger partial charge is 0.210 e. The Morgan fingerprint density at radius 1 is 1.31 bits per heavy atom. The van der Waals surface area contributed by atoms with Crippen molar-refractivity contribution < 1.29 is 9.47 Å². The highest BCUT2D eigenvalue weighted by Gasteiger charge is 2.16. The average Bonchev–Trinajstić information content (AvgIpc) is 2.78. The normalized spacial score (nSPS) is 19.3. The Hall–Kier alpha value is -1.35. The van der Waals surface area contributed by atoms with E-state index in [2.05, 4.69) is 11.9 Å². The monoisotopic (exact) mass is 219 g/mol. The van der Waals surface area contributed by atoms with Crippen molar-refractivity contribution in [2.45, 2.75) is 26.0 Å². The number of aliphatic imine (C=N–C) groups is 1. The van der Waals surface area contributed by atoms with E-state index in [4.69, 9.17) is 9.47 Å². The third-order valence-electron chi connectivity index (χ3n) is 2.58. The molecule has 0 aliphatic carbocycles. The maximum atomic E-state index is 5.54. The van der Waals surface area contributed by atoms with Gasteiger partial charge >= 0.3 is 0 Å². The van der Waals surface area contributed by atoms with Gasteiger partial charge in [-0.25, -0.2) is 4.99 Å². The molecule has 1 aliphatic rings. The lowest BCUT2D eigenvalue weighted by Crippen LogP contribution is -2.09. The lowest BCUT2D eigenvalue weighted by molar-refractivity contribution is 0.141. The van der Waals surface area contributed by atoms with Crippen LogP contribution < -0.4 is 0 Å². The maximum absolute atomic E-state index is 5.54. The molecule has 1 aromatic carbocycles. The molecule has 3 nitrogen and oxygen atoms in total. The first-order valence-corrected chi connectivity index (χ1v) is 5.69. The first-order valence-electron chi connectivity index (χ1n) is 5.69. The highest BCUT2D eigenvalue weighted by molar-refractivity contribution is 5.78. The van der Waals surface area contributed by atoms with E-state index in [-0.39, 0.29) is 0 Å². The summed E-state index contributed by atoms with van der Waals surface area (Å²) in [6, 6.07) is 10.4. The fraction of sp³-hybridized carbons (Fsp3) is 0.462. The Balaban J connectivity index is 1.73. The molecule has 0 saturated heterocycles. The van der Waals surface area contributed by atoms with Crippen LogP contribution in [-0.4, -0.2) is 25.2 Å². The molecule has 1 aromatic rings. The molecule has 0 spiro atoms. The molecule has 0 N–H and O–H groups in total. The fourth-order valence-electron chi connectivity index (χ4n) is 1.59. The summed E-state index contributed by atoms with van der Waals surface area (Å²) in [5, 5.41) is 0. The van der Waals surface area contributed by atoms with Gasteiger partial charge in [0.15, 0.2) is 0 Å². The minimum atomic E-state index is 0.329. The Morgan fingerprint density at radius 3 is 2.81 bits per heavy atom. The number of ether oxygens (including phenoxy) is 2. The predicted molar refractivity (Wildman–Crippen MR) is 63.6 cm³/mol. The van der Waals surface area contributed by atoms with Crippen molar-refractivity contribution in [2.75, 3.05) is 13.2 Å². The zero-order chi connectivity index (χ0) is 11.2. The van der Waals surface area contributed by atoms with Crippen molar-refractivity contribution >= 4 is 5.90 Å². The molecule has 1 aliphatic heterocycles. The van der Waals surface area contributed by atoms with Crippen molar-refractivity contribution in [2.24, 2.45) is 4.99 Å². The zero-order valence-corrected chi connectivity index (χ0v) is 9.56. The first-order chi connectivity index (χ1) is 7.88. The number of hydrogen-bond donors (Lipinski definition) is 0. The summed E-state index contributed by atoms with van der Waals surface area (Å²) in [4.78, 5) is 4.41. The number of benzene rings is 1. The quantitative estimate of drug-likeness (QED) is 0.761. The fourth-order valence-corrected chi connectivity index (χ4v) is 1.59. The molecule has 3 heteroatoms. The topological polar surface area (TPSA) is 30.8 Å². The molecular weight excluding hydrogens is 202 g/mol. The van der Waals surface area contributed by atoms with Crippen LogP contribution in [0.5, 0.6) is 0 Å². The van der Waals surface area contributed by atoms with E-state index in [9.17, 15) is 0 Å². The lowest BCUT2D eigenvalue weighted by atomic mass is 10.2. The molecule has 0 aromatic heterocycles. The molecule has 86 valence electrons. The van der Waals surface area contributed by atoms with E-state index in [1.807, 2.05) is 30.3 Å². The van der Waals surface area contributed by atoms with Gasteiger partial charge in [-0.15, -0.1) is 0 Å². The van der Waals surface area contributed by atoms with Crippen LogP contribution in [0.15, 0.2) is 35.3 Å². The summed E-state index contributed by atoms with van der Waals surface area (Å²) in [5.74, 6) is 0.739. The highest BCUT2D eigenvalue weighted by Crippen LogP contribution is 2.08. The van der Waals surface area contributed by atoms with Crippen LogP contribution in [0.1, 0.15) is 18.9 Å². The second kappa shape index (κ2) is 5.66. The molecule has 1 atom stereocenters. The van der Waals surface area contributed by atoms with E-state index in [1.54, 1.807) is 0 Å². The number of nitrogens with zero attached hydrogens (tertiary/aromatic N) is 1. The van der Waals surface area contributed by atoms with E-state index in [1.165, 1.54) is 5.56 Å². The summed E-state index contributed by atoms with van der Waals surface area (Å²) in [6.45, 7) is 3.91. The molecule has 1 heterocycles. The van der Waals surface area contributed by atoms with Gasteiger partial charge in [0.05, 0.1) is 12.6 Å². The van der Waals surface area contributed by atoms with Crippen molar-refractivity contribution in [3.8, 4) is 0 Å². The van der Waals surface area contributed by atoms with Gasteiger partial charge in [-0.3, -0.25) is 0 Å². The molecule has 0 bridgehead atoms. The number of rotatable bonds is 5. The lowest BCUT2D eigenvalue weighted by Gasteiger charge is -2.03. The minimum Gasteiger partial charge on any atom is -0.477 e. The Labute approximate surface area is 96.1 Å². The Kier molecular flexibility index (Phi) is 3.94. The Morgan fingerprint density at radius 2 is 2.12 bits per heavy atom. The van der Waals surface area contributed by atoms with Crippen LogP contribution in [0.4, 0.5) is 0 Å². The second-order valence-corrected chi connectivity index (χ2v) is 3.87. The largest absolute Gasteiger partial charge is 0.477 e. The van der Waals surface area contributed by atoms with Crippen molar-refractivity contribution in [1.82, 2.24) is 0 Å². The van der Waals surface area contributed by atoms with Crippen LogP contribution in [-0.2, 0) is 16.1 Å². The van der Waals surface area contributed by atoms with Gasteiger partial charge < -0.3 is 9.47 Å². The van der Waals surface area contributed by atoms with Gasteiger partial charge in [-0.05, 0) is 12.0 Å². The molecular formula is C13H17NO2. The van der Waals surface area contributed by atoms with Gasteiger partial charge in [-0.1, -0.05) is 37.3 Å². The van der Waals surface area contributed by atoms with E-state index < -0.39 is 0 Å². The highest BCUT2D eigenvalue weighted by atomic mass is 16.5.